The summed E-state index contributed by atoms with van der Waals surface area (Å²) in [5.74, 6) is -0.199. The number of hydrogen-bond acceptors (Lipinski definition) is 0. The Kier molecular flexibility index (Phi) is 4.39. The predicted octanol–water partition coefficient (Wildman–Crippen LogP) is 6.08. The molecule has 0 radical (unpaired) electrons. The van der Waals surface area contributed by atoms with Crippen LogP contribution in [0.15, 0.2) is 30.3 Å². The first-order chi connectivity index (χ1) is 8.90. The lowest BCUT2D eigenvalue weighted by Crippen LogP contribution is -1.98. The van der Waals surface area contributed by atoms with Crippen LogP contribution in [0.2, 0.25) is 10.0 Å². The summed E-state index contributed by atoms with van der Waals surface area (Å²) in [5, 5.41) is 0.638. The molecule has 2 aromatic carbocycles. The summed E-state index contributed by atoms with van der Waals surface area (Å²) in [4.78, 5) is 0. The van der Waals surface area contributed by atoms with Gasteiger partial charge in [-0.25, -0.2) is 4.39 Å². The Balaban J connectivity index is 2.47. The molecule has 1 atom stereocenters. The Hall–Kier alpha value is -0.760. The highest BCUT2D eigenvalue weighted by molar-refractivity contribution is 6.36. The molecular formula is C15H12Cl3F. The van der Waals surface area contributed by atoms with E-state index in [1.54, 1.807) is 44.2 Å². The van der Waals surface area contributed by atoms with E-state index in [4.69, 9.17) is 34.8 Å². The van der Waals surface area contributed by atoms with Gasteiger partial charge in [-0.2, -0.15) is 0 Å². The zero-order chi connectivity index (χ0) is 14.2. The monoisotopic (exact) mass is 316 g/mol. The van der Waals surface area contributed by atoms with E-state index in [0.29, 0.717) is 21.2 Å². The molecule has 0 fully saturated rings. The molecule has 0 amide bonds. The molecule has 2 rings (SSSR count). The first-order valence-corrected chi connectivity index (χ1v) is 6.95. The average Bonchev–Trinajstić information content (AvgIpc) is 2.34. The number of hydrogen-bond donors (Lipinski definition) is 0. The molecule has 100 valence electrons. The van der Waals surface area contributed by atoms with Crippen molar-refractivity contribution in [2.45, 2.75) is 19.2 Å². The Bertz CT molecular complexity index is 600. The van der Waals surface area contributed by atoms with Crippen molar-refractivity contribution in [1.29, 1.82) is 0 Å². The standard InChI is InChI=1S/C15H12Cl3F/c1-8-5-10(6-9(2)15(8)19)14(18)12-4-3-11(16)7-13(12)17/h3-7,14H,1-2H3. The van der Waals surface area contributed by atoms with Crippen LogP contribution in [-0.2, 0) is 0 Å². The molecule has 0 nitrogen and oxygen atoms in total. The Morgan fingerprint density at radius 2 is 1.58 bits per heavy atom. The number of rotatable bonds is 2. The van der Waals surface area contributed by atoms with Crippen LogP contribution in [0.4, 0.5) is 4.39 Å². The third-order valence-electron chi connectivity index (χ3n) is 2.99. The second-order valence-corrected chi connectivity index (χ2v) is 5.78. The Morgan fingerprint density at radius 1 is 1.00 bits per heavy atom. The van der Waals surface area contributed by atoms with E-state index in [0.717, 1.165) is 11.1 Å². The summed E-state index contributed by atoms with van der Waals surface area (Å²) < 4.78 is 13.6. The SMILES string of the molecule is Cc1cc(C(Cl)c2ccc(Cl)cc2Cl)cc(C)c1F. The topological polar surface area (TPSA) is 0 Å². The van der Waals surface area contributed by atoms with Crippen molar-refractivity contribution >= 4 is 34.8 Å². The molecule has 0 aliphatic carbocycles. The fraction of sp³-hybridized carbons (Fsp3) is 0.200. The average molecular weight is 318 g/mol. The third-order valence-corrected chi connectivity index (χ3v) is 4.04. The van der Waals surface area contributed by atoms with E-state index < -0.39 is 5.38 Å². The summed E-state index contributed by atoms with van der Waals surface area (Å²) in [6.45, 7) is 3.44. The normalized spacial score (nSPS) is 12.5. The smallest absolute Gasteiger partial charge is 0.129 e. The molecule has 0 N–H and O–H groups in total. The van der Waals surface area contributed by atoms with Gasteiger partial charge in [0.05, 0.1) is 5.38 Å². The quantitative estimate of drug-likeness (QED) is 0.589. The fourth-order valence-corrected chi connectivity index (χ4v) is 2.90. The molecule has 2 aromatic rings. The van der Waals surface area contributed by atoms with Crippen LogP contribution in [0.3, 0.4) is 0 Å². The van der Waals surface area contributed by atoms with Gasteiger partial charge in [0, 0.05) is 10.0 Å². The number of aryl methyl sites for hydroxylation is 2. The molecule has 0 saturated carbocycles. The summed E-state index contributed by atoms with van der Waals surface area (Å²) in [6, 6.07) is 8.66. The molecule has 0 saturated heterocycles. The summed E-state index contributed by atoms with van der Waals surface area (Å²) in [6.07, 6.45) is 0. The third kappa shape index (κ3) is 3.05. The van der Waals surface area contributed by atoms with Crippen LogP contribution in [0.25, 0.3) is 0 Å². The van der Waals surface area contributed by atoms with Gasteiger partial charge in [0.1, 0.15) is 5.82 Å². The lowest BCUT2D eigenvalue weighted by atomic mass is 9.99. The molecule has 0 aliphatic heterocycles. The van der Waals surface area contributed by atoms with Crippen molar-refractivity contribution in [1.82, 2.24) is 0 Å². The van der Waals surface area contributed by atoms with Gasteiger partial charge in [-0.1, -0.05) is 41.4 Å². The lowest BCUT2D eigenvalue weighted by molar-refractivity contribution is 0.608. The van der Waals surface area contributed by atoms with Gasteiger partial charge in [0.15, 0.2) is 0 Å². The van der Waals surface area contributed by atoms with E-state index in [9.17, 15) is 4.39 Å². The second kappa shape index (κ2) is 5.70. The van der Waals surface area contributed by atoms with Crippen LogP contribution in [0.1, 0.15) is 27.6 Å². The Morgan fingerprint density at radius 3 is 2.11 bits per heavy atom. The first-order valence-electron chi connectivity index (χ1n) is 5.76. The highest BCUT2D eigenvalue weighted by atomic mass is 35.5. The van der Waals surface area contributed by atoms with E-state index in [1.165, 1.54) is 0 Å². The summed E-state index contributed by atoms with van der Waals surface area (Å²) >= 11 is 18.4. The van der Waals surface area contributed by atoms with Crippen molar-refractivity contribution in [3.8, 4) is 0 Å². The predicted molar refractivity (Wildman–Crippen MR) is 80.0 cm³/mol. The number of benzene rings is 2. The minimum Gasteiger partial charge on any atom is -0.206 e. The van der Waals surface area contributed by atoms with E-state index >= 15 is 0 Å². The van der Waals surface area contributed by atoms with Crippen LogP contribution >= 0.6 is 34.8 Å². The van der Waals surface area contributed by atoms with E-state index in [2.05, 4.69) is 0 Å². The van der Waals surface area contributed by atoms with Gasteiger partial charge in [-0.15, -0.1) is 11.6 Å². The van der Waals surface area contributed by atoms with Crippen molar-refractivity contribution in [2.75, 3.05) is 0 Å². The maximum Gasteiger partial charge on any atom is 0.129 e. The largest absolute Gasteiger partial charge is 0.206 e. The van der Waals surface area contributed by atoms with Crippen molar-refractivity contribution in [3.63, 3.8) is 0 Å². The number of alkyl halides is 1. The van der Waals surface area contributed by atoms with Gasteiger partial charge < -0.3 is 0 Å². The van der Waals surface area contributed by atoms with Crippen molar-refractivity contribution in [3.05, 3.63) is 68.4 Å². The molecule has 0 heterocycles. The lowest BCUT2D eigenvalue weighted by Gasteiger charge is -2.14. The van der Waals surface area contributed by atoms with Gasteiger partial charge >= 0.3 is 0 Å². The zero-order valence-electron chi connectivity index (χ0n) is 10.5. The number of halogens is 4. The minimum absolute atomic E-state index is 0.199. The Labute approximate surface area is 127 Å². The van der Waals surface area contributed by atoms with Gasteiger partial charge in [0.25, 0.3) is 0 Å². The van der Waals surface area contributed by atoms with Crippen LogP contribution < -0.4 is 0 Å². The second-order valence-electron chi connectivity index (χ2n) is 4.50. The molecule has 19 heavy (non-hydrogen) atoms. The molecule has 0 bridgehead atoms. The van der Waals surface area contributed by atoms with Crippen LogP contribution in [-0.4, -0.2) is 0 Å². The van der Waals surface area contributed by atoms with Gasteiger partial charge in [-0.05, 0) is 48.2 Å². The molecular weight excluding hydrogens is 306 g/mol. The minimum atomic E-state index is -0.428. The molecule has 0 spiro atoms. The van der Waals surface area contributed by atoms with Crippen molar-refractivity contribution in [2.24, 2.45) is 0 Å². The highest BCUT2D eigenvalue weighted by Crippen LogP contribution is 2.36. The molecule has 4 heteroatoms. The van der Waals surface area contributed by atoms with E-state index in [1.807, 2.05) is 0 Å². The molecule has 1 unspecified atom stereocenters. The zero-order valence-corrected chi connectivity index (χ0v) is 12.7. The van der Waals surface area contributed by atoms with Gasteiger partial charge in [-0.3, -0.25) is 0 Å². The molecule has 0 aromatic heterocycles. The van der Waals surface area contributed by atoms with Crippen molar-refractivity contribution < 1.29 is 4.39 Å². The highest BCUT2D eigenvalue weighted by Gasteiger charge is 2.16. The van der Waals surface area contributed by atoms with E-state index in [-0.39, 0.29) is 5.82 Å². The first kappa shape index (κ1) is 14.6. The fourth-order valence-electron chi connectivity index (χ4n) is 2.01. The summed E-state index contributed by atoms with van der Waals surface area (Å²) in [5.41, 5.74) is 2.73. The van der Waals surface area contributed by atoms with Gasteiger partial charge in [0.2, 0.25) is 0 Å². The maximum atomic E-state index is 13.6. The summed E-state index contributed by atoms with van der Waals surface area (Å²) in [7, 11) is 0. The molecule has 0 aliphatic rings. The van der Waals surface area contributed by atoms with Crippen LogP contribution in [0, 0.1) is 19.7 Å². The maximum absolute atomic E-state index is 13.6. The van der Waals surface area contributed by atoms with Crippen LogP contribution in [0.5, 0.6) is 0 Å².